The number of hydrogen-bond donors (Lipinski definition) is 0. The summed E-state index contributed by atoms with van der Waals surface area (Å²) in [5.41, 5.74) is 0. The molecule has 0 spiro atoms. The normalized spacial score (nSPS) is 35.9. The lowest BCUT2D eigenvalue weighted by Gasteiger charge is -2.14. The summed E-state index contributed by atoms with van der Waals surface area (Å²) in [6.07, 6.45) is 7.40. The minimum atomic E-state index is 0.670. The Bertz CT molecular complexity index is 348. The standard InChI is InChI=1S/C12H14O/c1-8-2-5-12(13-8)11-7-9-3-4-10(11)6-9/h2-5,9-11H,6-7H2,1H3. The summed E-state index contributed by atoms with van der Waals surface area (Å²) in [5, 5.41) is 0. The quantitative estimate of drug-likeness (QED) is 0.595. The fourth-order valence-corrected chi connectivity index (χ4v) is 2.76. The van der Waals surface area contributed by atoms with Gasteiger partial charge in [0.15, 0.2) is 0 Å². The molecule has 1 fully saturated rings. The van der Waals surface area contributed by atoms with E-state index in [0.29, 0.717) is 5.92 Å². The molecule has 2 aliphatic carbocycles. The SMILES string of the molecule is Cc1ccc(C2CC3C=CC2C3)o1. The zero-order chi connectivity index (χ0) is 8.84. The van der Waals surface area contributed by atoms with Crippen molar-refractivity contribution in [3.05, 3.63) is 35.8 Å². The maximum absolute atomic E-state index is 5.69. The van der Waals surface area contributed by atoms with Crippen molar-refractivity contribution in [2.45, 2.75) is 25.7 Å². The van der Waals surface area contributed by atoms with Crippen molar-refractivity contribution < 1.29 is 4.42 Å². The molecule has 68 valence electrons. The van der Waals surface area contributed by atoms with E-state index in [1.165, 1.54) is 18.6 Å². The van der Waals surface area contributed by atoms with Gasteiger partial charge in [-0.15, -0.1) is 0 Å². The molecular weight excluding hydrogens is 160 g/mol. The van der Waals surface area contributed by atoms with Crippen LogP contribution in [0.5, 0.6) is 0 Å². The maximum atomic E-state index is 5.69. The summed E-state index contributed by atoms with van der Waals surface area (Å²) < 4.78 is 5.69. The number of hydrogen-bond acceptors (Lipinski definition) is 1. The van der Waals surface area contributed by atoms with Crippen molar-refractivity contribution in [2.75, 3.05) is 0 Å². The molecule has 0 saturated heterocycles. The molecule has 1 nitrogen and oxygen atoms in total. The highest BCUT2D eigenvalue weighted by Gasteiger charge is 2.37. The Labute approximate surface area is 78.4 Å². The summed E-state index contributed by atoms with van der Waals surface area (Å²) >= 11 is 0. The van der Waals surface area contributed by atoms with Crippen molar-refractivity contribution in [1.29, 1.82) is 0 Å². The van der Waals surface area contributed by atoms with Crippen LogP contribution in [-0.4, -0.2) is 0 Å². The van der Waals surface area contributed by atoms with Crippen LogP contribution in [0, 0.1) is 18.8 Å². The maximum Gasteiger partial charge on any atom is 0.107 e. The molecule has 1 heteroatoms. The van der Waals surface area contributed by atoms with Gasteiger partial charge >= 0.3 is 0 Å². The van der Waals surface area contributed by atoms with Gasteiger partial charge in [0.25, 0.3) is 0 Å². The third-order valence-corrected chi connectivity index (χ3v) is 3.41. The summed E-state index contributed by atoms with van der Waals surface area (Å²) in [6, 6.07) is 4.22. The number of allylic oxidation sites excluding steroid dienone is 2. The molecule has 0 amide bonds. The van der Waals surface area contributed by atoms with Crippen molar-refractivity contribution in [3.8, 4) is 0 Å². The van der Waals surface area contributed by atoms with Crippen LogP contribution in [0.1, 0.15) is 30.3 Å². The third-order valence-electron chi connectivity index (χ3n) is 3.41. The van der Waals surface area contributed by atoms with Crippen LogP contribution in [0.15, 0.2) is 28.7 Å². The number of fused-ring (bicyclic) bond motifs is 2. The topological polar surface area (TPSA) is 13.1 Å². The lowest BCUT2D eigenvalue weighted by Crippen LogP contribution is -2.03. The molecule has 2 bridgehead atoms. The lowest BCUT2D eigenvalue weighted by atomic mass is 9.91. The minimum absolute atomic E-state index is 0.670. The van der Waals surface area contributed by atoms with E-state index in [4.69, 9.17) is 4.42 Å². The van der Waals surface area contributed by atoms with Crippen LogP contribution < -0.4 is 0 Å². The Balaban J connectivity index is 1.91. The Morgan fingerprint density at radius 3 is 2.69 bits per heavy atom. The van der Waals surface area contributed by atoms with E-state index >= 15 is 0 Å². The van der Waals surface area contributed by atoms with Gasteiger partial charge in [-0.1, -0.05) is 12.2 Å². The summed E-state index contributed by atoms with van der Waals surface area (Å²) in [6.45, 7) is 2.02. The third kappa shape index (κ3) is 1.06. The second-order valence-corrected chi connectivity index (χ2v) is 4.34. The molecule has 0 aliphatic heterocycles. The number of aryl methyl sites for hydroxylation is 1. The second kappa shape index (κ2) is 2.50. The molecule has 0 N–H and O–H groups in total. The fourth-order valence-electron chi connectivity index (χ4n) is 2.76. The van der Waals surface area contributed by atoms with Gasteiger partial charge in [0.2, 0.25) is 0 Å². The molecule has 1 heterocycles. The Kier molecular flexibility index (Phi) is 1.43. The zero-order valence-corrected chi connectivity index (χ0v) is 7.86. The second-order valence-electron chi connectivity index (χ2n) is 4.34. The predicted molar refractivity (Wildman–Crippen MR) is 51.5 cm³/mol. The Morgan fingerprint density at radius 1 is 1.23 bits per heavy atom. The van der Waals surface area contributed by atoms with Crippen molar-refractivity contribution in [2.24, 2.45) is 11.8 Å². The van der Waals surface area contributed by atoms with E-state index < -0.39 is 0 Å². The fraction of sp³-hybridized carbons (Fsp3) is 0.500. The van der Waals surface area contributed by atoms with Gasteiger partial charge in [-0.25, -0.2) is 0 Å². The first-order valence-electron chi connectivity index (χ1n) is 5.07. The molecule has 13 heavy (non-hydrogen) atoms. The van der Waals surface area contributed by atoms with E-state index in [9.17, 15) is 0 Å². The first-order valence-corrected chi connectivity index (χ1v) is 5.07. The average molecular weight is 174 g/mol. The molecule has 2 aliphatic rings. The van der Waals surface area contributed by atoms with Gasteiger partial charge in [0, 0.05) is 5.92 Å². The van der Waals surface area contributed by atoms with E-state index in [1.807, 2.05) is 6.92 Å². The molecule has 3 unspecified atom stereocenters. The van der Waals surface area contributed by atoms with E-state index in [2.05, 4.69) is 24.3 Å². The smallest absolute Gasteiger partial charge is 0.107 e. The first-order chi connectivity index (χ1) is 6.33. The van der Waals surface area contributed by atoms with E-state index in [0.717, 1.165) is 17.6 Å². The first kappa shape index (κ1) is 7.43. The molecule has 1 aromatic heterocycles. The van der Waals surface area contributed by atoms with Crippen LogP contribution >= 0.6 is 0 Å². The molecule has 3 rings (SSSR count). The van der Waals surface area contributed by atoms with Crippen LogP contribution in [-0.2, 0) is 0 Å². The van der Waals surface area contributed by atoms with Crippen LogP contribution in [0.2, 0.25) is 0 Å². The number of rotatable bonds is 1. The lowest BCUT2D eigenvalue weighted by molar-refractivity contribution is 0.414. The minimum Gasteiger partial charge on any atom is -0.466 e. The largest absolute Gasteiger partial charge is 0.466 e. The highest BCUT2D eigenvalue weighted by atomic mass is 16.3. The summed E-state index contributed by atoms with van der Waals surface area (Å²) in [5.74, 6) is 4.51. The highest BCUT2D eigenvalue weighted by molar-refractivity contribution is 5.21. The molecule has 3 atom stereocenters. The van der Waals surface area contributed by atoms with Crippen molar-refractivity contribution in [1.82, 2.24) is 0 Å². The molecular formula is C12H14O. The zero-order valence-electron chi connectivity index (χ0n) is 7.86. The summed E-state index contributed by atoms with van der Waals surface area (Å²) in [4.78, 5) is 0. The van der Waals surface area contributed by atoms with Crippen LogP contribution in [0.3, 0.4) is 0 Å². The predicted octanol–water partition coefficient (Wildman–Crippen LogP) is 3.27. The van der Waals surface area contributed by atoms with Gasteiger partial charge in [0.05, 0.1) is 0 Å². The molecule has 0 radical (unpaired) electrons. The van der Waals surface area contributed by atoms with Gasteiger partial charge in [0.1, 0.15) is 11.5 Å². The number of furan rings is 1. The highest BCUT2D eigenvalue weighted by Crippen LogP contribution is 2.48. The monoisotopic (exact) mass is 174 g/mol. The summed E-state index contributed by atoms with van der Waals surface area (Å²) in [7, 11) is 0. The van der Waals surface area contributed by atoms with Gasteiger partial charge in [-0.05, 0) is 43.7 Å². The van der Waals surface area contributed by atoms with Crippen molar-refractivity contribution >= 4 is 0 Å². The van der Waals surface area contributed by atoms with E-state index in [-0.39, 0.29) is 0 Å². The van der Waals surface area contributed by atoms with Gasteiger partial charge < -0.3 is 4.42 Å². The Hall–Kier alpha value is -0.980. The van der Waals surface area contributed by atoms with E-state index in [1.54, 1.807) is 0 Å². The van der Waals surface area contributed by atoms with Gasteiger partial charge in [-0.2, -0.15) is 0 Å². The molecule has 1 aromatic rings. The van der Waals surface area contributed by atoms with Crippen LogP contribution in [0.4, 0.5) is 0 Å². The Morgan fingerprint density at radius 2 is 2.15 bits per heavy atom. The average Bonchev–Trinajstić information content (AvgIpc) is 2.77. The van der Waals surface area contributed by atoms with Crippen LogP contribution in [0.25, 0.3) is 0 Å². The molecule has 0 aromatic carbocycles. The molecule has 1 saturated carbocycles. The van der Waals surface area contributed by atoms with Crippen molar-refractivity contribution in [3.63, 3.8) is 0 Å². The van der Waals surface area contributed by atoms with Gasteiger partial charge in [-0.3, -0.25) is 0 Å².